The second-order valence-electron chi connectivity index (χ2n) is 3.65. The Balaban J connectivity index is 2.21. The van der Waals surface area contributed by atoms with Crippen molar-refractivity contribution in [1.29, 1.82) is 0 Å². The van der Waals surface area contributed by atoms with Gasteiger partial charge in [-0.1, -0.05) is 6.07 Å². The number of nitrogens with zero attached hydrogens (tertiary/aromatic N) is 3. The maximum absolute atomic E-state index is 5.68. The molecule has 0 aromatic carbocycles. The highest BCUT2D eigenvalue weighted by Gasteiger charge is 2.19. The van der Waals surface area contributed by atoms with E-state index in [0.717, 1.165) is 35.7 Å². The Morgan fingerprint density at radius 2 is 2.19 bits per heavy atom. The third-order valence-electron chi connectivity index (χ3n) is 2.60. The largest absolute Gasteiger partial charge is 0.369 e. The molecule has 0 saturated carbocycles. The van der Waals surface area contributed by atoms with Gasteiger partial charge in [0.2, 0.25) is 5.95 Å². The van der Waals surface area contributed by atoms with E-state index in [1.165, 1.54) is 0 Å². The smallest absolute Gasteiger partial charge is 0.222 e. The van der Waals surface area contributed by atoms with Crippen LogP contribution < -0.4 is 11.1 Å². The number of anilines is 2. The minimum atomic E-state index is 0.286. The Morgan fingerprint density at radius 3 is 3.00 bits per heavy atom. The van der Waals surface area contributed by atoms with Gasteiger partial charge in [0.25, 0.3) is 0 Å². The van der Waals surface area contributed by atoms with Crippen LogP contribution in [0.5, 0.6) is 0 Å². The number of nitrogens with two attached hydrogens (primary N) is 1. The Morgan fingerprint density at radius 1 is 1.25 bits per heavy atom. The van der Waals surface area contributed by atoms with Crippen LogP contribution in [0.4, 0.5) is 11.8 Å². The Labute approximate surface area is 92.8 Å². The molecule has 16 heavy (non-hydrogen) atoms. The third-order valence-corrected chi connectivity index (χ3v) is 2.60. The average molecular weight is 213 g/mol. The first kappa shape index (κ1) is 9.08. The predicted molar refractivity (Wildman–Crippen MR) is 61.9 cm³/mol. The summed E-state index contributed by atoms with van der Waals surface area (Å²) >= 11 is 0. The lowest BCUT2D eigenvalue weighted by Crippen LogP contribution is -2.02. The second kappa shape index (κ2) is 3.44. The molecule has 1 aliphatic heterocycles. The number of hydrogen-bond acceptors (Lipinski definition) is 5. The highest BCUT2D eigenvalue weighted by Crippen LogP contribution is 2.29. The third kappa shape index (κ3) is 1.37. The number of aromatic nitrogens is 3. The zero-order valence-corrected chi connectivity index (χ0v) is 8.64. The minimum absolute atomic E-state index is 0.286. The van der Waals surface area contributed by atoms with Crippen molar-refractivity contribution in [3.8, 4) is 11.4 Å². The van der Waals surface area contributed by atoms with E-state index in [1.54, 1.807) is 6.20 Å². The first-order valence-corrected chi connectivity index (χ1v) is 5.16. The van der Waals surface area contributed by atoms with Crippen molar-refractivity contribution in [3.05, 3.63) is 30.0 Å². The van der Waals surface area contributed by atoms with Crippen LogP contribution in [-0.2, 0) is 6.42 Å². The SMILES string of the molecule is Nc1nc2c(c(-c3ccccn3)n1)CCN2. The summed E-state index contributed by atoms with van der Waals surface area (Å²) in [5.74, 6) is 1.13. The summed E-state index contributed by atoms with van der Waals surface area (Å²) in [6.07, 6.45) is 2.67. The number of rotatable bonds is 1. The number of pyridine rings is 1. The van der Waals surface area contributed by atoms with E-state index in [2.05, 4.69) is 20.3 Å². The highest BCUT2D eigenvalue weighted by molar-refractivity contribution is 5.69. The molecule has 3 rings (SSSR count). The van der Waals surface area contributed by atoms with E-state index in [-0.39, 0.29) is 5.95 Å². The van der Waals surface area contributed by atoms with Crippen molar-refractivity contribution in [1.82, 2.24) is 15.0 Å². The molecule has 0 spiro atoms. The van der Waals surface area contributed by atoms with Gasteiger partial charge in [-0.25, -0.2) is 4.98 Å². The van der Waals surface area contributed by atoms with Crippen LogP contribution in [0, 0.1) is 0 Å². The van der Waals surface area contributed by atoms with E-state index in [9.17, 15) is 0 Å². The van der Waals surface area contributed by atoms with Gasteiger partial charge in [-0.2, -0.15) is 4.98 Å². The van der Waals surface area contributed by atoms with Crippen molar-refractivity contribution < 1.29 is 0 Å². The predicted octanol–water partition coefficient (Wildman–Crippen LogP) is 1.09. The Hall–Kier alpha value is -2.17. The van der Waals surface area contributed by atoms with Crippen LogP contribution >= 0.6 is 0 Å². The van der Waals surface area contributed by atoms with E-state index in [4.69, 9.17) is 5.73 Å². The molecule has 0 amide bonds. The second-order valence-corrected chi connectivity index (χ2v) is 3.65. The maximum atomic E-state index is 5.68. The monoisotopic (exact) mass is 213 g/mol. The molecule has 1 aliphatic rings. The van der Waals surface area contributed by atoms with Crippen molar-refractivity contribution in [2.45, 2.75) is 6.42 Å². The molecule has 3 heterocycles. The first-order chi connectivity index (χ1) is 7.84. The molecular formula is C11H11N5. The number of hydrogen-bond donors (Lipinski definition) is 2. The van der Waals surface area contributed by atoms with Gasteiger partial charge in [0.1, 0.15) is 5.82 Å². The molecule has 2 aromatic heterocycles. The van der Waals surface area contributed by atoms with Crippen LogP contribution in [0.1, 0.15) is 5.56 Å². The quantitative estimate of drug-likeness (QED) is 0.741. The molecule has 0 bridgehead atoms. The van der Waals surface area contributed by atoms with Gasteiger partial charge >= 0.3 is 0 Å². The molecule has 0 radical (unpaired) electrons. The maximum Gasteiger partial charge on any atom is 0.222 e. The number of nitrogens with one attached hydrogen (secondary N) is 1. The molecule has 2 aromatic rings. The van der Waals surface area contributed by atoms with Gasteiger partial charge in [-0.3, -0.25) is 4.98 Å². The molecule has 0 fully saturated rings. The van der Waals surface area contributed by atoms with Gasteiger partial charge < -0.3 is 11.1 Å². The Kier molecular flexibility index (Phi) is 1.96. The van der Waals surface area contributed by atoms with Gasteiger partial charge in [-0.15, -0.1) is 0 Å². The van der Waals surface area contributed by atoms with Gasteiger partial charge in [0, 0.05) is 18.3 Å². The van der Waals surface area contributed by atoms with Crippen LogP contribution in [0.2, 0.25) is 0 Å². The fourth-order valence-corrected chi connectivity index (χ4v) is 1.90. The van der Waals surface area contributed by atoms with E-state index >= 15 is 0 Å². The van der Waals surface area contributed by atoms with E-state index < -0.39 is 0 Å². The lowest BCUT2D eigenvalue weighted by atomic mass is 10.1. The molecule has 5 heteroatoms. The average Bonchev–Trinajstić information content (AvgIpc) is 2.77. The topological polar surface area (TPSA) is 76.7 Å². The summed E-state index contributed by atoms with van der Waals surface area (Å²) in [7, 11) is 0. The summed E-state index contributed by atoms with van der Waals surface area (Å²) in [5.41, 5.74) is 8.47. The molecule has 0 atom stereocenters. The molecule has 0 saturated heterocycles. The molecule has 80 valence electrons. The summed E-state index contributed by atoms with van der Waals surface area (Å²) in [5, 5.41) is 3.19. The van der Waals surface area contributed by atoms with Crippen molar-refractivity contribution >= 4 is 11.8 Å². The fraction of sp³-hybridized carbons (Fsp3) is 0.182. The van der Waals surface area contributed by atoms with Crippen molar-refractivity contribution in [2.24, 2.45) is 0 Å². The van der Waals surface area contributed by atoms with Gasteiger partial charge in [-0.05, 0) is 18.6 Å². The summed E-state index contributed by atoms with van der Waals surface area (Å²) in [6, 6.07) is 5.75. The fourth-order valence-electron chi connectivity index (χ4n) is 1.90. The van der Waals surface area contributed by atoms with E-state index in [1.807, 2.05) is 18.2 Å². The lowest BCUT2D eigenvalue weighted by molar-refractivity contribution is 1.09. The van der Waals surface area contributed by atoms with E-state index in [0.29, 0.717) is 0 Å². The molecule has 5 nitrogen and oxygen atoms in total. The summed E-state index contributed by atoms with van der Waals surface area (Å²) in [4.78, 5) is 12.7. The highest BCUT2D eigenvalue weighted by atomic mass is 15.1. The summed E-state index contributed by atoms with van der Waals surface area (Å²) < 4.78 is 0. The van der Waals surface area contributed by atoms with Crippen molar-refractivity contribution in [2.75, 3.05) is 17.6 Å². The zero-order valence-electron chi connectivity index (χ0n) is 8.64. The van der Waals surface area contributed by atoms with Crippen LogP contribution in [-0.4, -0.2) is 21.5 Å². The first-order valence-electron chi connectivity index (χ1n) is 5.16. The number of nitrogen functional groups attached to an aromatic ring is 1. The molecule has 0 unspecified atom stereocenters. The summed E-state index contributed by atoms with van der Waals surface area (Å²) in [6.45, 7) is 0.882. The van der Waals surface area contributed by atoms with Crippen LogP contribution in [0.15, 0.2) is 24.4 Å². The molecule has 0 aliphatic carbocycles. The standard InChI is InChI=1S/C11H11N5/c12-11-15-9(8-3-1-2-5-13-8)7-4-6-14-10(7)16-11/h1-3,5H,4,6H2,(H3,12,14,15,16). The van der Waals surface area contributed by atoms with Crippen LogP contribution in [0.3, 0.4) is 0 Å². The van der Waals surface area contributed by atoms with Gasteiger partial charge in [0.05, 0.1) is 11.4 Å². The van der Waals surface area contributed by atoms with Gasteiger partial charge in [0.15, 0.2) is 0 Å². The van der Waals surface area contributed by atoms with Crippen LogP contribution in [0.25, 0.3) is 11.4 Å². The molecular weight excluding hydrogens is 202 g/mol. The van der Waals surface area contributed by atoms with Crippen molar-refractivity contribution in [3.63, 3.8) is 0 Å². The lowest BCUT2D eigenvalue weighted by Gasteiger charge is -2.06. The Bertz CT molecular complexity index is 523. The normalized spacial score (nSPS) is 13.2. The minimum Gasteiger partial charge on any atom is -0.369 e. The zero-order chi connectivity index (χ0) is 11.0. The number of fused-ring (bicyclic) bond motifs is 1. The molecule has 3 N–H and O–H groups in total.